The second kappa shape index (κ2) is 3.95. The van der Waals surface area contributed by atoms with E-state index in [0.717, 1.165) is 5.69 Å². The minimum Gasteiger partial charge on any atom is -0.370 e. The van der Waals surface area contributed by atoms with Crippen LogP contribution >= 0.6 is 0 Å². The molecule has 2 heteroatoms. The highest BCUT2D eigenvalue weighted by Gasteiger charge is 2.01. The molecule has 1 aromatic rings. The predicted molar refractivity (Wildman–Crippen MR) is 54.6 cm³/mol. The Morgan fingerprint density at radius 1 is 1.38 bits per heavy atom. The maximum absolute atomic E-state index is 8.64. The van der Waals surface area contributed by atoms with E-state index in [4.69, 9.17) is 5.26 Å². The lowest BCUT2D eigenvalue weighted by atomic mass is 10.1. The summed E-state index contributed by atoms with van der Waals surface area (Å²) in [7, 11) is 0. The van der Waals surface area contributed by atoms with Gasteiger partial charge in [-0.05, 0) is 38.0 Å². The van der Waals surface area contributed by atoms with Gasteiger partial charge in [0.15, 0.2) is 0 Å². The van der Waals surface area contributed by atoms with Crippen LogP contribution in [-0.4, -0.2) is 6.04 Å². The lowest BCUT2D eigenvalue weighted by molar-refractivity contribution is 1.01. The summed E-state index contributed by atoms with van der Waals surface area (Å²) < 4.78 is 0. The Kier molecular flexibility index (Phi) is 2.92. The molecular weight excluding hydrogens is 160 g/mol. The largest absolute Gasteiger partial charge is 0.370 e. The van der Waals surface area contributed by atoms with E-state index in [1.807, 2.05) is 20.8 Å². The first kappa shape index (κ1) is 9.60. The fourth-order valence-electron chi connectivity index (χ4n) is 1.16. The van der Waals surface area contributed by atoms with Gasteiger partial charge in [-0.3, -0.25) is 0 Å². The van der Waals surface area contributed by atoms with Crippen LogP contribution < -0.4 is 5.32 Å². The highest BCUT2D eigenvalue weighted by molar-refractivity contribution is 5.53. The van der Waals surface area contributed by atoms with Gasteiger partial charge in [0.25, 0.3) is 0 Å². The Hall–Kier alpha value is -1.49. The number of nitrogens with one attached hydrogen (secondary N) is 1. The molecule has 0 amide bonds. The average molecular weight is 174 g/mol. The van der Waals surface area contributed by atoms with Gasteiger partial charge in [0, 0.05) is 5.69 Å². The van der Waals surface area contributed by atoms with E-state index >= 15 is 0 Å². The lowest BCUT2D eigenvalue weighted by Crippen LogP contribution is -2.12. The Balaban J connectivity index is 2.88. The van der Waals surface area contributed by atoms with Crippen molar-refractivity contribution in [2.24, 2.45) is 0 Å². The topological polar surface area (TPSA) is 35.8 Å². The third kappa shape index (κ3) is 2.48. The van der Waals surface area contributed by atoms with Gasteiger partial charge in [-0.1, -0.05) is 12.1 Å². The summed E-state index contributed by atoms with van der Waals surface area (Å²) in [5.41, 5.74) is 3.43. The predicted octanol–water partition coefficient (Wildman–Crippen LogP) is 2.63. The highest BCUT2D eigenvalue weighted by Crippen LogP contribution is 2.16. The molecule has 0 heterocycles. The fourth-order valence-corrected chi connectivity index (χ4v) is 1.16. The Morgan fingerprint density at radius 2 is 2.08 bits per heavy atom. The van der Waals surface area contributed by atoms with Crippen molar-refractivity contribution in [1.29, 1.82) is 5.26 Å². The van der Waals surface area contributed by atoms with Crippen LogP contribution in [0.4, 0.5) is 5.69 Å². The van der Waals surface area contributed by atoms with Crippen molar-refractivity contribution < 1.29 is 0 Å². The third-order valence-electron chi connectivity index (χ3n) is 1.96. The van der Waals surface area contributed by atoms with Crippen molar-refractivity contribution in [3.8, 4) is 6.07 Å². The van der Waals surface area contributed by atoms with E-state index in [1.54, 1.807) is 0 Å². The van der Waals surface area contributed by atoms with Crippen molar-refractivity contribution in [2.75, 3.05) is 5.32 Å². The molecule has 0 bridgehead atoms. The summed E-state index contributed by atoms with van der Waals surface area (Å²) >= 11 is 0. The summed E-state index contributed by atoms with van der Waals surface area (Å²) in [5.74, 6) is 0. The molecule has 0 radical (unpaired) electrons. The Morgan fingerprint density at radius 3 is 2.69 bits per heavy atom. The van der Waals surface area contributed by atoms with E-state index < -0.39 is 0 Å². The molecule has 1 atom stereocenters. The van der Waals surface area contributed by atoms with Gasteiger partial charge in [0.1, 0.15) is 6.04 Å². The first-order valence-corrected chi connectivity index (χ1v) is 4.37. The molecule has 0 spiro atoms. The normalized spacial score (nSPS) is 11.8. The minimum atomic E-state index is -0.138. The maximum Gasteiger partial charge on any atom is 0.111 e. The molecule has 0 aromatic heterocycles. The number of nitriles is 1. The summed E-state index contributed by atoms with van der Waals surface area (Å²) in [4.78, 5) is 0. The first-order valence-electron chi connectivity index (χ1n) is 4.37. The molecule has 1 N–H and O–H groups in total. The molecule has 0 aliphatic rings. The molecule has 0 saturated carbocycles. The third-order valence-corrected chi connectivity index (χ3v) is 1.96. The number of hydrogen-bond acceptors (Lipinski definition) is 2. The van der Waals surface area contributed by atoms with Crippen LogP contribution in [0.5, 0.6) is 0 Å². The van der Waals surface area contributed by atoms with E-state index in [1.165, 1.54) is 11.1 Å². The zero-order valence-electron chi connectivity index (χ0n) is 8.26. The number of anilines is 1. The molecule has 0 saturated heterocycles. The molecule has 1 aromatic carbocycles. The molecule has 1 rings (SSSR count). The second-order valence-electron chi connectivity index (χ2n) is 3.31. The standard InChI is InChI=1S/C11H14N2/c1-8-4-5-9(2)11(6-8)13-10(3)7-12/h4-6,10,13H,1-3H3/t10-/m1/s1. The molecule has 0 aliphatic heterocycles. The molecular formula is C11H14N2. The first-order chi connectivity index (χ1) is 6.13. The van der Waals surface area contributed by atoms with Crippen LogP contribution in [0.1, 0.15) is 18.1 Å². The molecule has 0 unspecified atom stereocenters. The van der Waals surface area contributed by atoms with Crippen LogP contribution in [0.2, 0.25) is 0 Å². The minimum absolute atomic E-state index is 0.138. The van der Waals surface area contributed by atoms with Gasteiger partial charge < -0.3 is 5.32 Å². The Bertz CT molecular complexity index is 336. The monoisotopic (exact) mass is 174 g/mol. The molecule has 2 nitrogen and oxygen atoms in total. The van der Waals surface area contributed by atoms with Crippen LogP contribution in [-0.2, 0) is 0 Å². The molecule has 13 heavy (non-hydrogen) atoms. The smallest absolute Gasteiger partial charge is 0.111 e. The SMILES string of the molecule is Cc1ccc(C)c(N[C@H](C)C#N)c1. The van der Waals surface area contributed by atoms with Gasteiger partial charge >= 0.3 is 0 Å². The van der Waals surface area contributed by atoms with Crippen LogP contribution in [0.15, 0.2) is 18.2 Å². The lowest BCUT2D eigenvalue weighted by Gasteiger charge is -2.11. The quantitative estimate of drug-likeness (QED) is 0.748. The van der Waals surface area contributed by atoms with Crippen molar-refractivity contribution in [2.45, 2.75) is 26.8 Å². The van der Waals surface area contributed by atoms with Gasteiger partial charge in [-0.2, -0.15) is 5.26 Å². The average Bonchev–Trinajstić information content (AvgIpc) is 2.11. The van der Waals surface area contributed by atoms with Crippen molar-refractivity contribution in [3.63, 3.8) is 0 Å². The van der Waals surface area contributed by atoms with Crippen molar-refractivity contribution in [3.05, 3.63) is 29.3 Å². The van der Waals surface area contributed by atoms with Crippen molar-refractivity contribution in [1.82, 2.24) is 0 Å². The molecule has 0 fully saturated rings. The van der Waals surface area contributed by atoms with E-state index in [2.05, 4.69) is 29.6 Å². The fraction of sp³-hybridized carbons (Fsp3) is 0.364. The zero-order valence-corrected chi connectivity index (χ0v) is 8.26. The van der Waals surface area contributed by atoms with Crippen LogP contribution in [0, 0.1) is 25.2 Å². The number of aryl methyl sites for hydroxylation is 2. The number of rotatable bonds is 2. The van der Waals surface area contributed by atoms with Crippen molar-refractivity contribution >= 4 is 5.69 Å². The number of hydrogen-bond donors (Lipinski definition) is 1. The van der Waals surface area contributed by atoms with Gasteiger partial charge in [0.2, 0.25) is 0 Å². The number of nitrogens with zero attached hydrogens (tertiary/aromatic N) is 1. The summed E-state index contributed by atoms with van der Waals surface area (Å²) in [6.07, 6.45) is 0. The van der Waals surface area contributed by atoms with Crippen LogP contribution in [0.3, 0.4) is 0 Å². The number of benzene rings is 1. The highest BCUT2D eigenvalue weighted by atomic mass is 14.9. The summed E-state index contributed by atoms with van der Waals surface area (Å²) in [5, 5.41) is 11.8. The van der Waals surface area contributed by atoms with E-state index in [0.29, 0.717) is 0 Å². The second-order valence-corrected chi connectivity index (χ2v) is 3.31. The summed E-state index contributed by atoms with van der Waals surface area (Å²) in [6, 6.07) is 8.19. The van der Waals surface area contributed by atoms with Crippen LogP contribution in [0.25, 0.3) is 0 Å². The Labute approximate surface area is 79.2 Å². The molecule has 0 aliphatic carbocycles. The van der Waals surface area contributed by atoms with Gasteiger partial charge in [-0.25, -0.2) is 0 Å². The van der Waals surface area contributed by atoms with Gasteiger partial charge in [0.05, 0.1) is 6.07 Å². The van der Waals surface area contributed by atoms with E-state index in [-0.39, 0.29) is 6.04 Å². The van der Waals surface area contributed by atoms with Gasteiger partial charge in [-0.15, -0.1) is 0 Å². The van der Waals surface area contributed by atoms with E-state index in [9.17, 15) is 0 Å². The molecule has 68 valence electrons. The maximum atomic E-state index is 8.64. The zero-order chi connectivity index (χ0) is 9.84. The summed E-state index contributed by atoms with van der Waals surface area (Å²) in [6.45, 7) is 5.93.